The van der Waals surface area contributed by atoms with Gasteiger partial charge in [-0.15, -0.1) is 0 Å². The average molecular weight is 269 g/mol. The van der Waals surface area contributed by atoms with Gasteiger partial charge in [-0.1, -0.05) is 27.2 Å². The third kappa shape index (κ3) is 5.52. The van der Waals surface area contributed by atoms with Crippen LogP contribution < -0.4 is 5.32 Å². The minimum Gasteiger partial charge on any atom is -0.481 e. The Kier molecular flexibility index (Phi) is 6.31. The van der Waals surface area contributed by atoms with Crippen LogP contribution in [0, 0.1) is 11.3 Å². The molecule has 1 atom stereocenters. The molecular formula is C16H31NO2. The van der Waals surface area contributed by atoms with Crippen molar-refractivity contribution in [3.63, 3.8) is 0 Å². The van der Waals surface area contributed by atoms with Crippen LogP contribution in [0.15, 0.2) is 0 Å². The van der Waals surface area contributed by atoms with Crippen LogP contribution in [0.2, 0.25) is 0 Å². The smallest absolute Gasteiger partial charge is 0.303 e. The molecule has 0 spiro atoms. The van der Waals surface area contributed by atoms with Gasteiger partial charge in [0.2, 0.25) is 0 Å². The fourth-order valence-corrected chi connectivity index (χ4v) is 3.16. The quantitative estimate of drug-likeness (QED) is 0.738. The first kappa shape index (κ1) is 16.5. The van der Waals surface area contributed by atoms with E-state index >= 15 is 0 Å². The first-order chi connectivity index (χ1) is 8.85. The Hall–Kier alpha value is -0.570. The van der Waals surface area contributed by atoms with Gasteiger partial charge in [-0.05, 0) is 50.4 Å². The van der Waals surface area contributed by atoms with E-state index in [9.17, 15) is 4.79 Å². The van der Waals surface area contributed by atoms with Crippen molar-refractivity contribution < 1.29 is 9.90 Å². The van der Waals surface area contributed by atoms with E-state index in [0.29, 0.717) is 17.5 Å². The highest BCUT2D eigenvalue weighted by Gasteiger charge is 2.31. The molecule has 1 fully saturated rings. The molecule has 1 saturated carbocycles. The van der Waals surface area contributed by atoms with Crippen LogP contribution in [-0.4, -0.2) is 23.2 Å². The molecule has 0 aromatic rings. The first-order valence-corrected chi connectivity index (χ1v) is 7.83. The average Bonchev–Trinajstić information content (AvgIpc) is 2.37. The normalized spacial score (nSPS) is 26.1. The molecule has 1 rings (SSSR count). The van der Waals surface area contributed by atoms with E-state index in [1.54, 1.807) is 0 Å². The highest BCUT2D eigenvalue weighted by atomic mass is 16.4. The van der Waals surface area contributed by atoms with Crippen LogP contribution in [0.5, 0.6) is 0 Å². The Bertz CT molecular complexity index is 280. The first-order valence-electron chi connectivity index (χ1n) is 7.83. The Labute approximate surface area is 118 Å². The standard InChI is InChI=1S/C16H31NO2/c1-5-16(3,4)13-7-9-14(10-8-13)17-12(2)6-11-15(18)19/h12-14,17H,5-11H2,1-4H3,(H,18,19). The molecule has 1 unspecified atom stereocenters. The van der Waals surface area contributed by atoms with Gasteiger partial charge in [0.15, 0.2) is 0 Å². The number of rotatable bonds is 7. The fraction of sp³-hybridized carbons (Fsp3) is 0.938. The summed E-state index contributed by atoms with van der Waals surface area (Å²) in [6.07, 6.45) is 7.36. The molecule has 0 aromatic heterocycles. The van der Waals surface area contributed by atoms with E-state index in [0.717, 1.165) is 12.3 Å². The van der Waals surface area contributed by atoms with Gasteiger partial charge in [0, 0.05) is 18.5 Å². The highest BCUT2D eigenvalue weighted by molar-refractivity contribution is 5.66. The lowest BCUT2D eigenvalue weighted by Crippen LogP contribution is -2.41. The molecule has 0 aromatic carbocycles. The lowest BCUT2D eigenvalue weighted by molar-refractivity contribution is -0.137. The highest BCUT2D eigenvalue weighted by Crippen LogP contribution is 2.40. The van der Waals surface area contributed by atoms with E-state index < -0.39 is 5.97 Å². The summed E-state index contributed by atoms with van der Waals surface area (Å²) in [6.45, 7) is 9.17. The number of aliphatic carboxylic acids is 1. The van der Waals surface area contributed by atoms with Crippen LogP contribution in [-0.2, 0) is 4.79 Å². The monoisotopic (exact) mass is 269 g/mol. The van der Waals surface area contributed by atoms with Gasteiger partial charge < -0.3 is 10.4 Å². The van der Waals surface area contributed by atoms with Crippen LogP contribution in [0.25, 0.3) is 0 Å². The molecule has 3 heteroatoms. The number of nitrogens with one attached hydrogen (secondary N) is 1. The predicted octanol–water partition coefficient (Wildman–Crippen LogP) is 3.82. The maximum Gasteiger partial charge on any atom is 0.303 e. The zero-order chi connectivity index (χ0) is 14.5. The van der Waals surface area contributed by atoms with Crippen molar-refractivity contribution in [2.45, 2.75) is 84.7 Å². The minimum absolute atomic E-state index is 0.270. The molecule has 19 heavy (non-hydrogen) atoms. The second kappa shape index (κ2) is 7.28. The van der Waals surface area contributed by atoms with Gasteiger partial charge in [0.05, 0.1) is 0 Å². The number of hydrogen-bond acceptors (Lipinski definition) is 2. The molecule has 0 heterocycles. The molecule has 112 valence electrons. The topological polar surface area (TPSA) is 49.3 Å². The van der Waals surface area contributed by atoms with Crippen molar-refractivity contribution in [1.82, 2.24) is 5.32 Å². The number of carboxylic acid groups (broad SMARTS) is 1. The van der Waals surface area contributed by atoms with E-state index in [1.807, 2.05) is 0 Å². The lowest BCUT2D eigenvalue weighted by Gasteiger charge is -2.39. The van der Waals surface area contributed by atoms with Gasteiger partial charge in [-0.3, -0.25) is 4.79 Å². The van der Waals surface area contributed by atoms with Crippen molar-refractivity contribution in [2.24, 2.45) is 11.3 Å². The molecule has 2 N–H and O–H groups in total. The van der Waals surface area contributed by atoms with Crippen molar-refractivity contribution in [3.05, 3.63) is 0 Å². The zero-order valence-electron chi connectivity index (χ0n) is 13.0. The van der Waals surface area contributed by atoms with Crippen LogP contribution >= 0.6 is 0 Å². The summed E-state index contributed by atoms with van der Waals surface area (Å²) in [6, 6.07) is 0.907. The largest absolute Gasteiger partial charge is 0.481 e. The maximum atomic E-state index is 10.6. The Balaban J connectivity index is 2.28. The molecule has 1 aliphatic carbocycles. The van der Waals surface area contributed by atoms with Crippen LogP contribution in [0.4, 0.5) is 0 Å². The van der Waals surface area contributed by atoms with E-state index in [4.69, 9.17) is 5.11 Å². The number of carboxylic acids is 1. The van der Waals surface area contributed by atoms with Crippen molar-refractivity contribution in [2.75, 3.05) is 0 Å². The maximum absolute atomic E-state index is 10.6. The summed E-state index contributed by atoms with van der Waals surface area (Å²) in [7, 11) is 0. The fourth-order valence-electron chi connectivity index (χ4n) is 3.16. The SMILES string of the molecule is CCC(C)(C)C1CCC(NC(C)CCC(=O)O)CC1. The van der Waals surface area contributed by atoms with Crippen molar-refractivity contribution in [3.8, 4) is 0 Å². The van der Waals surface area contributed by atoms with Gasteiger partial charge in [0.1, 0.15) is 0 Å². The molecular weight excluding hydrogens is 238 g/mol. The molecule has 3 nitrogen and oxygen atoms in total. The Morgan fingerprint density at radius 2 is 1.89 bits per heavy atom. The summed E-state index contributed by atoms with van der Waals surface area (Å²) in [4.78, 5) is 10.6. The molecule has 0 amide bonds. The molecule has 0 aliphatic heterocycles. The van der Waals surface area contributed by atoms with Gasteiger partial charge in [0.25, 0.3) is 0 Å². The molecule has 0 bridgehead atoms. The van der Waals surface area contributed by atoms with E-state index in [2.05, 4.69) is 33.0 Å². The summed E-state index contributed by atoms with van der Waals surface area (Å²) >= 11 is 0. The summed E-state index contributed by atoms with van der Waals surface area (Å²) in [5.74, 6) is 0.159. The zero-order valence-corrected chi connectivity index (χ0v) is 13.0. The third-order valence-corrected chi connectivity index (χ3v) is 5.06. The summed E-state index contributed by atoms with van der Waals surface area (Å²) < 4.78 is 0. The lowest BCUT2D eigenvalue weighted by atomic mass is 9.69. The molecule has 1 aliphatic rings. The summed E-state index contributed by atoms with van der Waals surface area (Å²) in [5.41, 5.74) is 0.472. The van der Waals surface area contributed by atoms with E-state index in [-0.39, 0.29) is 6.42 Å². The minimum atomic E-state index is -0.693. The second-order valence-electron chi connectivity index (χ2n) is 6.89. The Morgan fingerprint density at radius 1 is 1.32 bits per heavy atom. The number of hydrogen-bond donors (Lipinski definition) is 2. The van der Waals surface area contributed by atoms with Crippen molar-refractivity contribution >= 4 is 5.97 Å². The van der Waals surface area contributed by atoms with Crippen LogP contribution in [0.3, 0.4) is 0 Å². The van der Waals surface area contributed by atoms with Crippen molar-refractivity contribution in [1.29, 1.82) is 0 Å². The van der Waals surface area contributed by atoms with E-state index in [1.165, 1.54) is 32.1 Å². The predicted molar refractivity (Wildman–Crippen MR) is 79.3 cm³/mol. The number of carbonyl (C=O) groups is 1. The Morgan fingerprint density at radius 3 is 2.37 bits per heavy atom. The van der Waals surface area contributed by atoms with Gasteiger partial charge >= 0.3 is 5.97 Å². The molecule has 0 saturated heterocycles. The second-order valence-corrected chi connectivity index (χ2v) is 6.89. The third-order valence-electron chi connectivity index (χ3n) is 5.06. The summed E-state index contributed by atoms with van der Waals surface area (Å²) in [5, 5.41) is 12.3. The van der Waals surface area contributed by atoms with Crippen LogP contribution in [0.1, 0.15) is 72.6 Å². The van der Waals surface area contributed by atoms with Gasteiger partial charge in [-0.25, -0.2) is 0 Å². The van der Waals surface area contributed by atoms with Gasteiger partial charge in [-0.2, -0.15) is 0 Å². The molecule has 0 radical (unpaired) electrons.